The number of aliphatic imine (C=N–C) groups is 1. The molecule has 2 rings (SSSR count). The number of benzene rings is 1. The fourth-order valence-electron chi connectivity index (χ4n) is 2.35. The molecular formula is C16H20F3N3O. The molecule has 0 saturated heterocycles. The SMILES string of the molecule is C=CCN=C(NCC)NC1CC1c1ccccc1OC(F)(F)F. The molecule has 0 aromatic heterocycles. The molecule has 126 valence electrons. The predicted molar refractivity (Wildman–Crippen MR) is 83.6 cm³/mol. The van der Waals surface area contributed by atoms with Crippen LogP contribution >= 0.6 is 0 Å². The summed E-state index contributed by atoms with van der Waals surface area (Å²) in [6, 6.07) is 6.29. The summed E-state index contributed by atoms with van der Waals surface area (Å²) in [6.07, 6.45) is -2.28. The van der Waals surface area contributed by atoms with Gasteiger partial charge in [-0.05, 0) is 25.0 Å². The standard InChI is InChI=1S/C16H20F3N3O/c1-3-9-21-15(20-4-2)22-13-10-12(13)11-7-5-6-8-14(11)23-16(17,18)19/h3,5-8,12-13H,1,4,9-10H2,2H3,(H2,20,21,22). The lowest BCUT2D eigenvalue weighted by atomic mass is 10.1. The highest BCUT2D eigenvalue weighted by Crippen LogP contribution is 2.45. The lowest BCUT2D eigenvalue weighted by molar-refractivity contribution is -0.274. The van der Waals surface area contributed by atoms with E-state index in [0.717, 1.165) is 6.42 Å². The Bertz CT molecular complexity index is 572. The van der Waals surface area contributed by atoms with Crippen molar-refractivity contribution in [1.29, 1.82) is 0 Å². The van der Waals surface area contributed by atoms with Gasteiger partial charge in [0.2, 0.25) is 0 Å². The van der Waals surface area contributed by atoms with Crippen molar-refractivity contribution in [2.24, 2.45) is 4.99 Å². The maximum Gasteiger partial charge on any atom is 0.573 e. The summed E-state index contributed by atoms with van der Waals surface area (Å²) in [7, 11) is 0. The highest BCUT2D eigenvalue weighted by Gasteiger charge is 2.42. The fraction of sp³-hybridized carbons (Fsp3) is 0.438. The molecule has 1 fully saturated rings. The van der Waals surface area contributed by atoms with Crippen molar-refractivity contribution in [2.75, 3.05) is 13.1 Å². The maximum atomic E-state index is 12.5. The van der Waals surface area contributed by atoms with Crippen LogP contribution < -0.4 is 15.4 Å². The minimum absolute atomic E-state index is 0.0267. The highest BCUT2D eigenvalue weighted by atomic mass is 19.4. The molecule has 4 nitrogen and oxygen atoms in total. The summed E-state index contributed by atoms with van der Waals surface area (Å²) in [5, 5.41) is 6.31. The molecule has 0 heterocycles. The van der Waals surface area contributed by atoms with Gasteiger partial charge >= 0.3 is 6.36 Å². The molecule has 23 heavy (non-hydrogen) atoms. The Morgan fingerprint density at radius 1 is 1.43 bits per heavy atom. The number of nitrogens with one attached hydrogen (secondary N) is 2. The summed E-state index contributed by atoms with van der Waals surface area (Å²) in [5.74, 6) is 0.470. The van der Waals surface area contributed by atoms with Gasteiger partial charge in [-0.25, -0.2) is 4.99 Å². The molecule has 0 radical (unpaired) electrons. The molecule has 0 amide bonds. The third-order valence-corrected chi connectivity index (χ3v) is 3.38. The van der Waals surface area contributed by atoms with Crippen LogP contribution in [0.3, 0.4) is 0 Å². The van der Waals surface area contributed by atoms with Gasteiger partial charge in [0, 0.05) is 18.5 Å². The van der Waals surface area contributed by atoms with Gasteiger partial charge in [-0.1, -0.05) is 24.3 Å². The normalized spacial score (nSPS) is 20.8. The number of ether oxygens (including phenoxy) is 1. The first-order valence-corrected chi connectivity index (χ1v) is 7.45. The van der Waals surface area contributed by atoms with Gasteiger partial charge in [0.05, 0.1) is 6.54 Å². The van der Waals surface area contributed by atoms with Crippen molar-refractivity contribution in [3.8, 4) is 5.75 Å². The number of para-hydroxylation sites is 1. The summed E-state index contributed by atoms with van der Waals surface area (Å²) in [4.78, 5) is 4.29. The van der Waals surface area contributed by atoms with Gasteiger partial charge in [0.1, 0.15) is 5.75 Å². The van der Waals surface area contributed by atoms with Crippen LogP contribution in [-0.4, -0.2) is 31.5 Å². The molecule has 1 aromatic carbocycles. The van der Waals surface area contributed by atoms with Gasteiger partial charge in [0.15, 0.2) is 5.96 Å². The Kier molecular flexibility index (Phi) is 5.52. The lowest BCUT2D eigenvalue weighted by Crippen LogP contribution is -2.39. The van der Waals surface area contributed by atoms with E-state index in [4.69, 9.17) is 0 Å². The Labute approximate surface area is 133 Å². The van der Waals surface area contributed by atoms with Crippen molar-refractivity contribution in [3.05, 3.63) is 42.5 Å². The summed E-state index contributed by atoms with van der Waals surface area (Å²) >= 11 is 0. The van der Waals surface area contributed by atoms with Crippen molar-refractivity contribution >= 4 is 5.96 Å². The summed E-state index contributed by atoms with van der Waals surface area (Å²) in [6.45, 7) is 6.73. The number of rotatable bonds is 6. The van der Waals surface area contributed by atoms with Gasteiger partial charge < -0.3 is 15.4 Å². The minimum atomic E-state index is -4.69. The largest absolute Gasteiger partial charge is 0.573 e. The van der Waals surface area contributed by atoms with Crippen LogP contribution in [0, 0.1) is 0 Å². The predicted octanol–water partition coefficient (Wildman–Crippen LogP) is 3.18. The Morgan fingerprint density at radius 2 is 2.17 bits per heavy atom. The second-order valence-corrected chi connectivity index (χ2v) is 5.19. The number of hydrogen-bond acceptors (Lipinski definition) is 2. The first kappa shape index (κ1) is 17.2. The van der Waals surface area contributed by atoms with Crippen molar-refractivity contribution in [3.63, 3.8) is 0 Å². The molecule has 7 heteroatoms. The molecule has 0 spiro atoms. The second kappa shape index (κ2) is 7.39. The summed E-state index contributed by atoms with van der Waals surface area (Å²) < 4.78 is 41.5. The molecule has 1 saturated carbocycles. The van der Waals surface area contributed by atoms with Crippen LogP contribution in [0.25, 0.3) is 0 Å². The zero-order chi connectivity index (χ0) is 16.9. The number of hydrogen-bond donors (Lipinski definition) is 2. The Morgan fingerprint density at radius 3 is 2.83 bits per heavy atom. The van der Waals surface area contributed by atoms with Crippen LogP contribution in [0.2, 0.25) is 0 Å². The third kappa shape index (κ3) is 5.19. The molecule has 1 aliphatic rings. The Balaban J connectivity index is 2.04. The molecule has 0 aliphatic heterocycles. The maximum absolute atomic E-state index is 12.5. The minimum Gasteiger partial charge on any atom is -0.405 e. The van der Waals surface area contributed by atoms with E-state index in [1.54, 1.807) is 18.2 Å². The van der Waals surface area contributed by atoms with Gasteiger partial charge in [-0.3, -0.25) is 0 Å². The van der Waals surface area contributed by atoms with Crippen molar-refractivity contribution < 1.29 is 17.9 Å². The number of halogens is 3. The molecule has 2 N–H and O–H groups in total. The van der Waals surface area contributed by atoms with Crippen molar-refractivity contribution in [2.45, 2.75) is 31.7 Å². The number of nitrogens with zero attached hydrogens (tertiary/aromatic N) is 1. The lowest BCUT2D eigenvalue weighted by Gasteiger charge is -2.14. The van der Waals surface area contributed by atoms with Crippen LogP contribution in [0.1, 0.15) is 24.8 Å². The average molecular weight is 327 g/mol. The van der Waals surface area contributed by atoms with Crippen molar-refractivity contribution in [1.82, 2.24) is 10.6 Å². The first-order valence-electron chi connectivity index (χ1n) is 7.45. The van der Waals surface area contributed by atoms with E-state index >= 15 is 0 Å². The topological polar surface area (TPSA) is 45.7 Å². The summed E-state index contributed by atoms with van der Waals surface area (Å²) in [5.41, 5.74) is 0.557. The van der Waals surface area contributed by atoms with E-state index in [2.05, 4.69) is 26.9 Å². The van der Waals surface area contributed by atoms with E-state index in [0.29, 0.717) is 24.6 Å². The fourth-order valence-corrected chi connectivity index (χ4v) is 2.35. The molecule has 0 bridgehead atoms. The number of alkyl halides is 3. The van der Waals surface area contributed by atoms with Gasteiger partial charge in [0.25, 0.3) is 0 Å². The van der Waals surface area contributed by atoms with E-state index in [-0.39, 0.29) is 17.7 Å². The Hall–Kier alpha value is -2.18. The smallest absolute Gasteiger partial charge is 0.405 e. The van der Waals surface area contributed by atoms with Crippen LogP contribution in [0.4, 0.5) is 13.2 Å². The molecule has 1 aliphatic carbocycles. The van der Waals surface area contributed by atoms with E-state index in [1.807, 2.05) is 6.92 Å². The van der Waals surface area contributed by atoms with Gasteiger partial charge in [-0.15, -0.1) is 19.8 Å². The first-order chi connectivity index (χ1) is 10.9. The third-order valence-electron chi connectivity index (χ3n) is 3.38. The second-order valence-electron chi connectivity index (χ2n) is 5.19. The average Bonchev–Trinajstić information content (AvgIpc) is 3.23. The highest BCUT2D eigenvalue weighted by molar-refractivity contribution is 5.80. The van der Waals surface area contributed by atoms with Crippen LogP contribution in [0.15, 0.2) is 41.9 Å². The zero-order valence-corrected chi connectivity index (χ0v) is 12.9. The van der Waals surface area contributed by atoms with E-state index < -0.39 is 6.36 Å². The monoisotopic (exact) mass is 327 g/mol. The van der Waals surface area contributed by atoms with E-state index in [9.17, 15) is 13.2 Å². The van der Waals surface area contributed by atoms with Crippen LogP contribution in [-0.2, 0) is 0 Å². The molecule has 2 unspecified atom stereocenters. The van der Waals surface area contributed by atoms with Gasteiger partial charge in [-0.2, -0.15) is 0 Å². The molecular weight excluding hydrogens is 307 g/mol. The van der Waals surface area contributed by atoms with E-state index in [1.165, 1.54) is 12.1 Å². The zero-order valence-electron chi connectivity index (χ0n) is 12.9. The number of guanidine groups is 1. The van der Waals surface area contributed by atoms with Crippen LogP contribution in [0.5, 0.6) is 5.75 Å². The molecule has 1 aromatic rings. The molecule has 2 atom stereocenters. The quantitative estimate of drug-likeness (QED) is 0.479.